The zero-order valence-corrected chi connectivity index (χ0v) is 32.7. The molecule has 2 aliphatic rings. The summed E-state index contributed by atoms with van der Waals surface area (Å²) in [5.74, 6) is 2.16. The van der Waals surface area contributed by atoms with E-state index < -0.39 is 0 Å². The standard InChI is InChI=1S/C51H59N3/c1-8-21-45(39(5)9-2)37-47-26-17-16-25-46(47)36-38(4)29-30-41(7)40(6)22-13-12-20-35-54(10-3)51-52-49-28-19-18-27-48(49)50(53-51)44-33-31-43(32-34-44)42-23-14-11-15-24-42/h9,11-20,22-34,39,45-47,51-52H,2,4,6-8,10,21,35-37H2,1,3,5H3/b20-12-,22-13-,30-29-/t39-,45?,46?,47+,51-/m0/s1. The van der Waals surface area contributed by atoms with Crippen LogP contribution in [0.3, 0.4) is 0 Å². The van der Waals surface area contributed by atoms with Gasteiger partial charge >= 0.3 is 0 Å². The van der Waals surface area contributed by atoms with Gasteiger partial charge in [-0.2, -0.15) is 0 Å². The van der Waals surface area contributed by atoms with Crippen molar-refractivity contribution < 1.29 is 0 Å². The second-order valence-electron chi connectivity index (χ2n) is 14.6. The topological polar surface area (TPSA) is 27.6 Å². The summed E-state index contributed by atoms with van der Waals surface area (Å²) in [5, 5.41) is 3.67. The van der Waals surface area contributed by atoms with E-state index in [0.717, 1.165) is 58.8 Å². The lowest BCUT2D eigenvalue weighted by atomic mass is 9.75. The molecule has 0 bridgehead atoms. The molecule has 1 N–H and O–H groups in total. The number of likely N-dealkylation sites (N-methyl/N-ethyl adjacent to an activating group) is 1. The van der Waals surface area contributed by atoms with Gasteiger partial charge in [0.25, 0.3) is 0 Å². The van der Waals surface area contributed by atoms with E-state index in [0.29, 0.717) is 23.7 Å². The fraction of sp³-hybridized carbons (Fsp3) is 0.275. The molecule has 5 rings (SSSR count). The fourth-order valence-electron chi connectivity index (χ4n) is 7.36. The third kappa shape index (κ3) is 10.9. The number of nitrogens with zero attached hydrogens (tertiary/aromatic N) is 2. The van der Waals surface area contributed by atoms with Crippen LogP contribution in [0, 0.1) is 23.7 Å². The molecule has 0 amide bonds. The summed E-state index contributed by atoms with van der Waals surface area (Å²) in [6, 6.07) is 27.7. The highest BCUT2D eigenvalue weighted by atomic mass is 15.4. The van der Waals surface area contributed by atoms with Crippen LogP contribution in [0.4, 0.5) is 5.69 Å². The number of nitrogens with one attached hydrogen (secondary N) is 1. The van der Waals surface area contributed by atoms with Crippen molar-refractivity contribution in [1.29, 1.82) is 0 Å². The highest BCUT2D eigenvalue weighted by Gasteiger charge is 2.26. The molecule has 0 spiro atoms. The molecule has 1 aliphatic heterocycles. The predicted octanol–water partition coefficient (Wildman–Crippen LogP) is 12.9. The van der Waals surface area contributed by atoms with Crippen LogP contribution in [0.1, 0.15) is 57.6 Å². The Hall–Kier alpha value is -5.25. The lowest BCUT2D eigenvalue weighted by molar-refractivity contribution is 0.257. The zero-order chi connectivity index (χ0) is 38.3. The molecule has 0 radical (unpaired) electrons. The molecule has 5 atom stereocenters. The number of hydrogen-bond donors (Lipinski definition) is 1. The number of benzene rings is 3. The minimum absolute atomic E-state index is 0.181. The molecule has 0 saturated heterocycles. The summed E-state index contributed by atoms with van der Waals surface area (Å²) >= 11 is 0. The molecular weight excluding hydrogens is 655 g/mol. The number of aliphatic imine (C=N–C) groups is 1. The van der Waals surface area contributed by atoms with Crippen LogP contribution in [0.5, 0.6) is 0 Å². The Morgan fingerprint density at radius 2 is 1.46 bits per heavy atom. The maximum absolute atomic E-state index is 5.25. The van der Waals surface area contributed by atoms with Gasteiger partial charge in [-0.3, -0.25) is 4.90 Å². The number of fused-ring (bicyclic) bond motifs is 1. The molecule has 0 fully saturated rings. The maximum Gasteiger partial charge on any atom is 0.177 e. The Kier molecular flexibility index (Phi) is 15.0. The fourth-order valence-corrected chi connectivity index (χ4v) is 7.36. The van der Waals surface area contributed by atoms with Crippen LogP contribution in [0.25, 0.3) is 11.1 Å². The molecule has 0 saturated carbocycles. The average molecular weight is 714 g/mol. The van der Waals surface area contributed by atoms with Crippen molar-refractivity contribution in [3.05, 3.63) is 200 Å². The highest BCUT2D eigenvalue weighted by molar-refractivity contribution is 6.17. The highest BCUT2D eigenvalue weighted by Crippen LogP contribution is 2.35. The average Bonchev–Trinajstić information content (AvgIpc) is 3.21. The minimum Gasteiger partial charge on any atom is -0.351 e. The van der Waals surface area contributed by atoms with Gasteiger partial charge in [0.15, 0.2) is 6.29 Å². The van der Waals surface area contributed by atoms with Crippen molar-refractivity contribution in [3.63, 3.8) is 0 Å². The molecule has 1 heterocycles. The SMILES string of the molecule is C=C[C@H](C)C(CCC)C[C@H]1C=CC=CC1CC(=C)/C=C\C(=C)C(=C)/C=C\C=C/CN(CC)[C@@H]1N=C(c2ccc(-c3ccccc3)cc2)c2ccccc2N1. The number of rotatable bonds is 19. The Morgan fingerprint density at radius 3 is 2.19 bits per heavy atom. The van der Waals surface area contributed by atoms with Crippen molar-refractivity contribution in [2.75, 3.05) is 18.4 Å². The molecule has 3 aromatic carbocycles. The summed E-state index contributed by atoms with van der Waals surface area (Å²) in [6.07, 6.45) is 28.1. The van der Waals surface area contributed by atoms with E-state index in [1.54, 1.807) is 0 Å². The second kappa shape index (κ2) is 20.3. The first-order valence-corrected chi connectivity index (χ1v) is 19.7. The first-order chi connectivity index (χ1) is 26.3. The Labute approximate surface area is 326 Å². The maximum atomic E-state index is 5.25. The first-order valence-electron chi connectivity index (χ1n) is 19.7. The van der Waals surface area contributed by atoms with Crippen molar-refractivity contribution >= 4 is 11.4 Å². The van der Waals surface area contributed by atoms with Crippen molar-refractivity contribution in [1.82, 2.24) is 4.90 Å². The number of allylic oxidation sites excluding steroid dienone is 13. The van der Waals surface area contributed by atoms with Gasteiger partial charge in [0.05, 0.1) is 5.71 Å². The van der Waals surface area contributed by atoms with Crippen LogP contribution in [0.2, 0.25) is 0 Å². The molecule has 3 aromatic rings. The van der Waals surface area contributed by atoms with Crippen LogP contribution in [0.15, 0.2) is 194 Å². The summed E-state index contributed by atoms with van der Waals surface area (Å²) in [6.45, 7) is 25.4. The van der Waals surface area contributed by atoms with Crippen LogP contribution >= 0.6 is 0 Å². The quantitative estimate of drug-likeness (QED) is 0.0989. The molecule has 1 aliphatic carbocycles. The summed E-state index contributed by atoms with van der Waals surface area (Å²) in [4.78, 5) is 7.58. The molecule has 278 valence electrons. The lowest BCUT2D eigenvalue weighted by Gasteiger charge is -2.33. The minimum atomic E-state index is -0.181. The van der Waals surface area contributed by atoms with E-state index in [1.165, 1.54) is 30.4 Å². The van der Waals surface area contributed by atoms with E-state index in [4.69, 9.17) is 4.99 Å². The van der Waals surface area contributed by atoms with Crippen molar-refractivity contribution in [3.8, 4) is 11.1 Å². The zero-order valence-electron chi connectivity index (χ0n) is 32.7. The third-order valence-electron chi connectivity index (χ3n) is 10.8. The van der Waals surface area contributed by atoms with Crippen LogP contribution in [-0.4, -0.2) is 30.0 Å². The van der Waals surface area contributed by atoms with E-state index in [2.05, 4.69) is 179 Å². The van der Waals surface area contributed by atoms with Gasteiger partial charge in [0, 0.05) is 23.4 Å². The summed E-state index contributed by atoms with van der Waals surface area (Å²) < 4.78 is 0. The molecule has 3 heteroatoms. The summed E-state index contributed by atoms with van der Waals surface area (Å²) in [7, 11) is 0. The van der Waals surface area contributed by atoms with Gasteiger partial charge in [-0.25, -0.2) is 4.99 Å². The molecule has 54 heavy (non-hydrogen) atoms. The largest absolute Gasteiger partial charge is 0.351 e. The molecular formula is C51H59N3. The Balaban J connectivity index is 1.15. The van der Waals surface area contributed by atoms with Gasteiger partial charge in [0.2, 0.25) is 0 Å². The number of hydrogen-bond acceptors (Lipinski definition) is 3. The second-order valence-corrected chi connectivity index (χ2v) is 14.6. The van der Waals surface area contributed by atoms with Gasteiger partial charge in [-0.15, -0.1) is 6.58 Å². The van der Waals surface area contributed by atoms with Crippen molar-refractivity contribution in [2.45, 2.75) is 52.7 Å². The van der Waals surface area contributed by atoms with Gasteiger partial charge < -0.3 is 5.32 Å². The van der Waals surface area contributed by atoms with Gasteiger partial charge in [0.1, 0.15) is 0 Å². The molecule has 0 aromatic heterocycles. The van der Waals surface area contributed by atoms with E-state index in [-0.39, 0.29) is 6.29 Å². The number of para-hydroxylation sites is 1. The van der Waals surface area contributed by atoms with Gasteiger partial charge in [-0.05, 0) is 71.4 Å². The van der Waals surface area contributed by atoms with Crippen LogP contribution < -0.4 is 5.32 Å². The van der Waals surface area contributed by atoms with E-state index in [9.17, 15) is 0 Å². The van der Waals surface area contributed by atoms with E-state index >= 15 is 0 Å². The molecule has 2 unspecified atom stereocenters. The van der Waals surface area contributed by atoms with E-state index in [1.807, 2.05) is 24.3 Å². The third-order valence-corrected chi connectivity index (χ3v) is 10.8. The first kappa shape index (κ1) is 39.9. The normalized spacial score (nSPS) is 19.1. The smallest absolute Gasteiger partial charge is 0.177 e. The predicted molar refractivity (Wildman–Crippen MR) is 236 cm³/mol. The summed E-state index contributed by atoms with van der Waals surface area (Å²) in [5.41, 5.74) is 9.62. The number of anilines is 1. The van der Waals surface area contributed by atoms with Crippen molar-refractivity contribution in [2.24, 2.45) is 28.7 Å². The van der Waals surface area contributed by atoms with Gasteiger partial charge in [-0.1, -0.05) is 199 Å². The Morgan fingerprint density at radius 1 is 0.796 bits per heavy atom. The monoisotopic (exact) mass is 713 g/mol. The molecule has 3 nitrogen and oxygen atoms in total. The lowest BCUT2D eigenvalue weighted by Crippen LogP contribution is -2.42. The Bertz CT molecular complexity index is 1920. The van der Waals surface area contributed by atoms with Crippen LogP contribution in [-0.2, 0) is 0 Å².